The molecule has 0 saturated heterocycles. The van der Waals surface area contributed by atoms with Crippen molar-refractivity contribution in [1.29, 1.82) is 0 Å². The first kappa shape index (κ1) is 14.1. The number of nitrogens with one attached hydrogen (secondary N) is 1. The van der Waals surface area contributed by atoms with Gasteiger partial charge in [0, 0.05) is 5.69 Å². The lowest BCUT2D eigenvalue weighted by Gasteiger charge is -2.10. The van der Waals surface area contributed by atoms with E-state index in [-0.39, 0.29) is 5.91 Å². The highest BCUT2D eigenvalue weighted by molar-refractivity contribution is 6.49. The maximum Gasteiger partial charge on any atom is 0.274 e. The molecule has 0 unspecified atom stereocenters. The van der Waals surface area contributed by atoms with Crippen LogP contribution in [-0.4, -0.2) is 18.2 Å². The molecule has 3 nitrogen and oxygen atoms in total. The SMILES string of the molecule is Cc1ccc(NC(=O)C2=NCC3=C2CCCCC3)cc1C. The molecular formula is C18H22N2O. The van der Waals surface area contributed by atoms with Crippen LogP contribution in [0.15, 0.2) is 34.3 Å². The summed E-state index contributed by atoms with van der Waals surface area (Å²) in [5.74, 6) is -0.0508. The second kappa shape index (κ2) is 5.84. The lowest BCUT2D eigenvalue weighted by molar-refractivity contribution is -0.110. The minimum Gasteiger partial charge on any atom is -0.321 e. The van der Waals surface area contributed by atoms with Crippen LogP contribution in [0.3, 0.4) is 0 Å². The van der Waals surface area contributed by atoms with Gasteiger partial charge in [0.15, 0.2) is 0 Å². The Kier molecular flexibility index (Phi) is 3.91. The molecule has 0 radical (unpaired) electrons. The molecule has 1 N–H and O–H groups in total. The normalized spacial score (nSPS) is 18.1. The fourth-order valence-electron chi connectivity index (χ4n) is 3.09. The van der Waals surface area contributed by atoms with E-state index >= 15 is 0 Å². The van der Waals surface area contributed by atoms with Gasteiger partial charge in [0.1, 0.15) is 5.71 Å². The predicted octanol–water partition coefficient (Wildman–Crippen LogP) is 3.96. The third kappa shape index (κ3) is 2.92. The average molecular weight is 282 g/mol. The maximum absolute atomic E-state index is 12.5. The lowest BCUT2D eigenvalue weighted by Crippen LogP contribution is -2.23. The van der Waals surface area contributed by atoms with E-state index in [4.69, 9.17) is 0 Å². The molecule has 0 bridgehead atoms. The molecule has 21 heavy (non-hydrogen) atoms. The van der Waals surface area contributed by atoms with Crippen LogP contribution in [0.1, 0.15) is 43.2 Å². The highest BCUT2D eigenvalue weighted by Crippen LogP contribution is 2.29. The number of aliphatic imine (C=N–C) groups is 1. The van der Waals surface area contributed by atoms with Crippen molar-refractivity contribution in [2.24, 2.45) is 4.99 Å². The molecule has 3 rings (SSSR count). The standard InChI is InChI=1S/C18H22N2O/c1-12-8-9-15(10-13(12)2)20-18(21)17-16-7-5-3-4-6-14(16)11-19-17/h8-10H,3-7,11H2,1-2H3,(H,20,21). The molecule has 1 amide bonds. The van der Waals surface area contributed by atoms with E-state index < -0.39 is 0 Å². The van der Waals surface area contributed by atoms with Gasteiger partial charge in [-0.2, -0.15) is 0 Å². The molecule has 0 aromatic heterocycles. The van der Waals surface area contributed by atoms with E-state index in [1.165, 1.54) is 41.5 Å². The summed E-state index contributed by atoms with van der Waals surface area (Å²) < 4.78 is 0. The fraction of sp³-hybridized carbons (Fsp3) is 0.444. The minimum absolute atomic E-state index is 0.0508. The number of carbonyl (C=O) groups excluding carboxylic acids is 1. The molecule has 0 fully saturated rings. The second-order valence-electron chi connectivity index (χ2n) is 6.06. The molecule has 2 aliphatic rings. The number of amides is 1. The third-order valence-electron chi connectivity index (χ3n) is 4.53. The number of benzene rings is 1. The van der Waals surface area contributed by atoms with Crippen LogP contribution in [-0.2, 0) is 4.79 Å². The zero-order chi connectivity index (χ0) is 14.8. The van der Waals surface area contributed by atoms with E-state index in [0.717, 1.165) is 25.1 Å². The number of anilines is 1. The third-order valence-corrected chi connectivity index (χ3v) is 4.53. The van der Waals surface area contributed by atoms with Crippen LogP contribution in [0.25, 0.3) is 0 Å². The van der Waals surface area contributed by atoms with Crippen molar-refractivity contribution in [3.8, 4) is 0 Å². The van der Waals surface area contributed by atoms with Crippen LogP contribution in [0.4, 0.5) is 5.69 Å². The van der Waals surface area contributed by atoms with E-state index in [9.17, 15) is 4.79 Å². The summed E-state index contributed by atoms with van der Waals surface area (Å²) in [5, 5.41) is 3.00. The summed E-state index contributed by atoms with van der Waals surface area (Å²) in [5.41, 5.74) is 6.56. The number of hydrogen-bond donors (Lipinski definition) is 1. The van der Waals surface area contributed by atoms with Gasteiger partial charge in [0.2, 0.25) is 0 Å². The summed E-state index contributed by atoms with van der Waals surface area (Å²) in [6.45, 7) is 4.86. The van der Waals surface area contributed by atoms with Gasteiger partial charge in [0.25, 0.3) is 5.91 Å². The van der Waals surface area contributed by atoms with Crippen molar-refractivity contribution in [2.45, 2.75) is 46.0 Å². The molecule has 0 saturated carbocycles. The average Bonchev–Trinajstić information content (AvgIpc) is 2.72. The molecule has 1 aliphatic carbocycles. The number of nitrogens with zero attached hydrogens (tertiary/aromatic N) is 1. The van der Waals surface area contributed by atoms with Crippen molar-refractivity contribution in [1.82, 2.24) is 0 Å². The maximum atomic E-state index is 12.5. The van der Waals surface area contributed by atoms with Gasteiger partial charge < -0.3 is 5.32 Å². The van der Waals surface area contributed by atoms with Crippen molar-refractivity contribution in [3.05, 3.63) is 40.5 Å². The van der Waals surface area contributed by atoms with E-state index in [1.807, 2.05) is 18.2 Å². The highest BCUT2D eigenvalue weighted by Gasteiger charge is 2.25. The van der Waals surface area contributed by atoms with Crippen molar-refractivity contribution in [3.63, 3.8) is 0 Å². The van der Waals surface area contributed by atoms with Crippen LogP contribution in [0.5, 0.6) is 0 Å². The van der Waals surface area contributed by atoms with Gasteiger partial charge in [-0.15, -0.1) is 0 Å². The Morgan fingerprint density at radius 3 is 2.71 bits per heavy atom. The predicted molar refractivity (Wildman–Crippen MR) is 87.0 cm³/mol. The van der Waals surface area contributed by atoms with Gasteiger partial charge in [-0.1, -0.05) is 12.5 Å². The number of carbonyl (C=O) groups is 1. The Bertz CT molecular complexity index is 641. The van der Waals surface area contributed by atoms with Crippen LogP contribution >= 0.6 is 0 Å². The Morgan fingerprint density at radius 2 is 1.90 bits per heavy atom. The summed E-state index contributed by atoms with van der Waals surface area (Å²) in [6, 6.07) is 6.01. The van der Waals surface area contributed by atoms with Gasteiger partial charge in [0.05, 0.1) is 6.54 Å². The molecule has 110 valence electrons. The highest BCUT2D eigenvalue weighted by atomic mass is 16.1. The number of hydrogen-bond acceptors (Lipinski definition) is 2. The zero-order valence-corrected chi connectivity index (χ0v) is 12.8. The summed E-state index contributed by atoms with van der Waals surface area (Å²) >= 11 is 0. The molecule has 0 atom stereocenters. The quantitative estimate of drug-likeness (QED) is 0.876. The minimum atomic E-state index is -0.0508. The molecule has 0 spiro atoms. The first-order valence-electron chi connectivity index (χ1n) is 7.79. The first-order chi connectivity index (χ1) is 10.1. The summed E-state index contributed by atoms with van der Waals surface area (Å²) in [4.78, 5) is 17.0. The Hall–Kier alpha value is -1.90. The van der Waals surface area contributed by atoms with Crippen LogP contribution in [0, 0.1) is 13.8 Å². The van der Waals surface area contributed by atoms with Crippen LogP contribution < -0.4 is 5.32 Å². The molecule has 1 heterocycles. The fourth-order valence-corrected chi connectivity index (χ4v) is 3.09. The summed E-state index contributed by atoms with van der Waals surface area (Å²) in [7, 11) is 0. The van der Waals surface area contributed by atoms with Crippen molar-refractivity contribution in [2.75, 3.05) is 11.9 Å². The Labute approximate surface area is 126 Å². The number of rotatable bonds is 2. The largest absolute Gasteiger partial charge is 0.321 e. The number of aryl methyl sites for hydroxylation is 2. The topological polar surface area (TPSA) is 41.5 Å². The van der Waals surface area contributed by atoms with E-state index in [1.54, 1.807) is 0 Å². The molecule has 1 aliphatic heterocycles. The van der Waals surface area contributed by atoms with E-state index in [0.29, 0.717) is 5.71 Å². The second-order valence-corrected chi connectivity index (χ2v) is 6.06. The molecule has 3 heteroatoms. The first-order valence-corrected chi connectivity index (χ1v) is 7.79. The summed E-state index contributed by atoms with van der Waals surface area (Å²) in [6.07, 6.45) is 5.79. The Balaban J connectivity index is 1.76. The van der Waals surface area contributed by atoms with Crippen LogP contribution in [0.2, 0.25) is 0 Å². The zero-order valence-electron chi connectivity index (χ0n) is 12.8. The molecule has 1 aromatic rings. The molecule has 1 aromatic carbocycles. The lowest BCUT2D eigenvalue weighted by atomic mass is 10.0. The van der Waals surface area contributed by atoms with Gasteiger partial charge in [-0.25, -0.2) is 0 Å². The molecular weight excluding hydrogens is 260 g/mol. The van der Waals surface area contributed by atoms with Gasteiger partial charge >= 0.3 is 0 Å². The smallest absolute Gasteiger partial charge is 0.274 e. The Morgan fingerprint density at radius 1 is 1.10 bits per heavy atom. The van der Waals surface area contributed by atoms with Crippen molar-refractivity contribution >= 4 is 17.3 Å². The van der Waals surface area contributed by atoms with Crippen molar-refractivity contribution < 1.29 is 4.79 Å². The van der Waals surface area contributed by atoms with Gasteiger partial charge in [-0.3, -0.25) is 9.79 Å². The van der Waals surface area contributed by atoms with E-state index in [2.05, 4.69) is 24.2 Å². The monoisotopic (exact) mass is 282 g/mol. The van der Waals surface area contributed by atoms with Gasteiger partial charge in [-0.05, 0) is 73.9 Å².